The molecule has 0 atom stereocenters. The minimum atomic E-state index is -0.475. The zero-order chi connectivity index (χ0) is 9.56. The summed E-state index contributed by atoms with van der Waals surface area (Å²) in [5.41, 5.74) is 0. The van der Waals surface area contributed by atoms with Crippen LogP contribution in [0.15, 0.2) is 18.2 Å². The van der Waals surface area contributed by atoms with Gasteiger partial charge >= 0.3 is 0 Å². The van der Waals surface area contributed by atoms with Gasteiger partial charge < -0.3 is 20.1 Å². The zero-order valence-corrected chi connectivity index (χ0v) is 6.98. The maximum atomic E-state index is 8.71. The van der Waals surface area contributed by atoms with Crippen LogP contribution in [0.1, 0.15) is 0 Å². The molecule has 1 aromatic rings. The van der Waals surface area contributed by atoms with Crippen molar-refractivity contribution in [2.75, 3.05) is 14.2 Å². The van der Waals surface area contributed by atoms with E-state index in [1.807, 2.05) is 0 Å². The number of para-hydroxylation sites is 1. The van der Waals surface area contributed by atoms with Crippen molar-refractivity contribution in [1.82, 2.24) is 0 Å². The van der Waals surface area contributed by atoms with E-state index in [0.717, 1.165) is 0 Å². The van der Waals surface area contributed by atoms with Crippen LogP contribution in [-0.2, 0) is 4.74 Å². The lowest BCUT2D eigenvalue weighted by molar-refractivity contribution is 0.277. The van der Waals surface area contributed by atoms with E-state index >= 15 is 0 Å². The van der Waals surface area contributed by atoms with E-state index in [1.54, 1.807) is 14.2 Å². The van der Waals surface area contributed by atoms with E-state index in [2.05, 4.69) is 4.74 Å². The molecule has 4 nitrogen and oxygen atoms in total. The van der Waals surface area contributed by atoms with Crippen molar-refractivity contribution < 1.29 is 20.1 Å². The van der Waals surface area contributed by atoms with Crippen LogP contribution in [0.5, 0.6) is 17.2 Å². The second-order valence-corrected chi connectivity index (χ2v) is 2.05. The molecule has 1 aromatic carbocycles. The number of rotatable bonds is 0. The summed E-state index contributed by atoms with van der Waals surface area (Å²) in [5.74, 6) is -1.09. The Morgan fingerprint density at radius 3 is 1.58 bits per heavy atom. The van der Waals surface area contributed by atoms with E-state index in [9.17, 15) is 0 Å². The molecule has 4 heteroatoms. The SMILES string of the molecule is COC.Oc1cccc(O)c1O. The summed E-state index contributed by atoms with van der Waals surface area (Å²) in [7, 11) is 3.25. The van der Waals surface area contributed by atoms with E-state index in [1.165, 1.54) is 18.2 Å². The van der Waals surface area contributed by atoms with Crippen LogP contribution >= 0.6 is 0 Å². The van der Waals surface area contributed by atoms with Crippen LogP contribution < -0.4 is 0 Å². The second-order valence-electron chi connectivity index (χ2n) is 2.05. The molecule has 0 amide bonds. The molecule has 0 bridgehead atoms. The maximum absolute atomic E-state index is 8.71. The number of aromatic hydroxyl groups is 3. The molecule has 0 saturated carbocycles. The van der Waals surface area contributed by atoms with Gasteiger partial charge in [-0.15, -0.1) is 0 Å². The largest absolute Gasteiger partial charge is 0.504 e. The van der Waals surface area contributed by atoms with Crippen LogP contribution in [0.2, 0.25) is 0 Å². The smallest absolute Gasteiger partial charge is 0.200 e. The molecule has 12 heavy (non-hydrogen) atoms. The van der Waals surface area contributed by atoms with E-state index in [4.69, 9.17) is 15.3 Å². The highest BCUT2D eigenvalue weighted by Gasteiger charge is 2.00. The molecule has 0 saturated heterocycles. The molecular formula is C8H12O4. The number of hydrogen-bond acceptors (Lipinski definition) is 4. The predicted octanol–water partition coefficient (Wildman–Crippen LogP) is 1.07. The first-order valence-electron chi connectivity index (χ1n) is 3.23. The monoisotopic (exact) mass is 172 g/mol. The van der Waals surface area contributed by atoms with Gasteiger partial charge in [-0.2, -0.15) is 0 Å². The first-order chi connectivity index (χ1) is 5.63. The first-order valence-corrected chi connectivity index (χ1v) is 3.23. The fourth-order valence-corrected chi connectivity index (χ4v) is 0.519. The van der Waals surface area contributed by atoms with Crippen LogP contribution in [0.25, 0.3) is 0 Å². The lowest BCUT2D eigenvalue weighted by Gasteiger charge is -1.96. The van der Waals surface area contributed by atoms with Gasteiger partial charge in [0.2, 0.25) is 0 Å². The van der Waals surface area contributed by atoms with Crippen molar-refractivity contribution in [3.05, 3.63) is 18.2 Å². The standard InChI is InChI=1S/C6H6O3.C2H6O/c7-4-2-1-3-5(8)6(4)9;1-3-2/h1-3,7-9H;1-2H3. The molecule has 3 N–H and O–H groups in total. The van der Waals surface area contributed by atoms with Gasteiger partial charge in [0.05, 0.1) is 0 Å². The van der Waals surface area contributed by atoms with Crippen LogP contribution in [0.4, 0.5) is 0 Å². The van der Waals surface area contributed by atoms with Gasteiger partial charge in [0, 0.05) is 14.2 Å². The Morgan fingerprint density at radius 1 is 1.00 bits per heavy atom. The van der Waals surface area contributed by atoms with Gasteiger partial charge in [-0.3, -0.25) is 0 Å². The molecule has 68 valence electrons. The summed E-state index contributed by atoms with van der Waals surface area (Å²) in [6, 6.07) is 4.01. The molecule has 0 aromatic heterocycles. The number of phenols is 3. The van der Waals surface area contributed by atoms with Crippen molar-refractivity contribution in [1.29, 1.82) is 0 Å². The summed E-state index contributed by atoms with van der Waals surface area (Å²) in [4.78, 5) is 0. The van der Waals surface area contributed by atoms with Gasteiger partial charge in [0.25, 0.3) is 0 Å². The molecule has 0 unspecified atom stereocenters. The Labute approximate surface area is 70.7 Å². The van der Waals surface area contributed by atoms with Gasteiger partial charge in [-0.1, -0.05) is 6.07 Å². The third kappa shape index (κ3) is 3.12. The molecule has 1 rings (SSSR count). The average molecular weight is 172 g/mol. The number of phenolic OH excluding ortho intramolecular Hbond substituents is 3. The summed E-state index contributed by atoms with van der Waals surface area (Å²) >= 11 is 0. The Hall–Kier alpha value is -1.42. The van der Waals surface area contributed by atoms with Gasteiger partial charge in [0.15, 0.2) is 17.2 Å². The minimum absolute atomic E-state index is 0.310. The normalized spacial score (nSPS) is 8.50. The summed E-state index contributed by atoms with van der Waals surface area (Å²) < 4.78 is 4.25. The van der Waals surface area contributed by atoms with Crippen molar-refractivity contribution in [3.63, 3.8) is 0 Å². The molecule has 0 aliphatic heterocycles. The molecular weight excluding hydrogens is 160 g/mol. The molecule has 0 heterocycles. The molecule has 0 fully saturated rings. The lowest BCUT2D eigenvalue weighted by atomic mass is 10.3. The molecule has 0 aliphatic rings. The van der Waals surface area contributed by atoms with E-state index in [0.29, 0.717) is 0 Å². The quantitative estimate of drug-likeness (QED) is 0.512. The van der Waals surface area contributed by atoms with Gasteiger partial charge in [-0.25, -0.2) is 0 Å². The number of benzene rings is 1. The number of ether oxygens (including phenoxy) is 1. The third-order valence-electron chi connectivity index (χ3n) is 0.993. The van der Waals surface area contributed by atoms with E-state index in [-0.39, 0.29) is 11.5 Å². The lowest BCUT2D eigenvalue weighted by Crippen LogP contribution is -1.67. The topological polar surface area (TPSA) is 69.9 Å². The van der Waals surface area contributed by atoms with Crippen LogP contribution in [0, 0.1) is 0 Å². The van der Waals surface area contributed by atoms with Gasteiger partial charge in [0.1, 0.15) is 0 Å². The van der Waals surface area contributed by atoms with Crippen LogP contribution in [0.3, 0.4) is 0 Å². The third-order valence-corrected chi connectivity index (χ3v) is 0.993. The zero-order valence-electron chi connectivity index (χ0n) is 6.98. The fourth-order valence-electron chi connectivity index (χ4n) is 0.519. The Bertz CT molecular complexity index is 214. The molecule has 0 spiro atoms. The second kappa shape index (κ2) is 5.26. The Balaban J connectivity index is 0.000000354. The summed E-state index contributed by atoms with van der Waals surface area (Å²) in [6.07, 6.45) is 0. The Morgan fingerprint density at radius 2 is 1.33 bits per heavy atom. The van der Waals surface area contributed by atoms with Crippen molar-refractivity contribution >= 4 is 0 Å². The number of hydrogen-bond donors (Lipinski definition) is 3. The maximum Gasteiger partial charge on any atom is 0.200 e. The van der Waals surface area contributed by atoms with Crippen molar-refractivity contribution in [2.45, 2.75) is 0 Å². The van der Waals surface area contributed by atoms with Crippen molar-refractivity contribution in [2.24, 2.45) is 0 Å². The summed E-state index contributed by atoms with van der Waals surface area (Å²) in [5, 5.41) is 26.1. The molecule has 0 radical (unpaired) electrons. The average Bonchev–Trinajstić information content (AvgIpc) is 2.02. The highest BCUT2D eigenvalue weighted by atomic mass is 16.4. The van der Waals surface area contributed by atoms with E-state index < -0.39 is 5.75 Å². The highest BCUT2D eigenvalue weighted by molar-refractivity contribution is 5.47. The molecule has 0 aliphatic carbocycles. The first kappa shape index (κ1) is 10.6. The Kier molecular flexibility index (Phi) is 4.64. The predicted molar refractivity (Wildman–Crippen MR) is 44.4 cm³/mol. The number of methoxy groups -OCH3 is 1. The minimum Gasteiger partial charge on any atom is -0.504 e. The summed E-state index contributed by atoms with van der Waals surface area (Å²) in [6.45, 7) is 0. The van der Waals surface area contributed by atoms with Gasteiger partial charge in [-0.05, 0) is 12.1 Å². The highest BCUT2D eigenvalue weighted by Crippen LogP contribution is 2.32. The van der Waals surface area contributed by atoms with Crippen molar-refractivity contribution in [3.8, 4) is 17.2 Å². The van der Waals surface area contributed by atoms with Crippen LogP contribution in [-0.4, -0.2) is 29.5 Å². The fraction of sp³-hybridized carbons (Fsp3) is 0.250.